The van der Waals surface area contributed by atoms with Crippen LogP contribution in [0.25, 0.3) is 11.0 Å². The standard InChI is InChI=1S/C15H16BrN7O/c1-7-5-8(22-21-7)20-14(24)9-10-12(17)18-6-19-13(10)23(11(9)16)15(2)3-4-15/h5-6H,3-4H2,1-2H3,(H2,17,18,19)(H2,20,21,22,24). The topological polar surface area (TPSA) is 115 Å². The predicted octanol–water partition coefficient (Wildman–Crippen LogP) is 2.57. The summed E-state index contributed by atoms with van der Waals surface area (Å²) in [5.41, 5.74) is 7.95. The lowest BCUT2D eigenvalue weighted by Gasteiger charge is -2.14. The number of nitrogens with one attached hydrogen (secondary N) is 2. The van der Waals surface area contributed by atoms with Crippen molar-refractivity contribution in [3.05, 3.63) is 28.3 Å². The van der Waals surface area contributed by atoms with Gasteiger partial charge in [0.2, 0.25) is 0 Å². The first-order valence-corrected chi connectivity index (χ1v) is 8.34. The number of nitrogen functional groups attached to an aromatic ring is 1. The Morgan fingerprint density at radius 3 is 2.83 bits per heavy atom. The van der Waals surface area contributed by atoms with Crippen molar-refractivity contribution in [1.82, 2.24) is 24.7 Å². The molecule has 1 fully saturated rings. The van der Waals surface area contributed by atoms with E-state index in [4.69, 9.17) is 5.73 Å². The zero-order valence-electron chi connectivity index (χ0n) is 13.2. The molecule has 0 saturated heterocycles. The monoisotopic (exact) mass is 389 g/mol. The summed E-state index contributed by atoms with van der Waals surface area (Å²) in [7, 11) is 0. The Bertz CT molecular complexity index is 970. The van der Waals surface area contributed by atoms with Crippen LogP contribution in [-0.2, 0) is 5.54 Å². The van der Waals surface area contributed by atoms with Crippen molar-refractivity contribution >= 4 is 44.5 Å². The van der Waals surface area contributed by atoms with Crippen molar-refractivity contribution in [1.29, 1.82) is 0 Å². The molecule has 1 aliphatic rings. The molecular weight excluding hydrogens is 374 g/mol. The van der Waals surface area contributed by atoms with Crippen LogP contribution in [0.3, 0.4) is 0 Å². The third-order valence-electron chi connectivity index (χ3n) is 4.41. The third kappa shape index (κ3) is 2.19. The number of amides is 1. The summed E-state index contributed by atoms with van der Waals surface area (Å²) >= 11 is 3.57. The molecule has 1 saturated carbocycles. The van der Waals surface area contributed by atoms with E-state index in [1.165, 1.54) is 6.33 Å². The van der Waals surface area contributed by atoms with Crippen molar-refractivity contribution < 1.29 is 4.79 Å². The molecule has 1 amide bonds. The minimum atomic E-state index is -0.303. The van der Waals surface area contributed by atoms with Gasteiger partial charge in [0.05, 0.1) is 10.9 Å². The Morgan fingerprint density at radius 2 is 2.21 bits per heavy atom. The molecule has 0 spiro atoms. The molecule has 0 atom stereocenters. The van der Waals surface area contributed by atoms with Crippen LogP contribution >= 0.6 is 15.9 Å². The van der Waals surface area contributed by atoms with Gasteiger partial charge in [0.1, 0.15) is 22.4 Å². The number of fused-ring (bicyclic) bond motifs is 1. The first-order chi connectivity index (χ1) is 11.4. The summed E-state index contributed by atoms with van der Waals surface area (Å²) in [6.45, 7) is 4.00. The van der Waals surface area contributed by atoms with Crippen molar-refractivity contribution in [2.24, 2.45) is 0 Å². The molecule has 1 aliphatic carbocycles. The molecule has 0 bridgehead atoms. The van der Waals surface area contributed by atoms with Crippen LogP contribution in [0, 0.1) is 6.92 Å². The van der Waals surface area contributed by atoms with Gasteiger partial charge in [-0.05, 0) is 42.6 Å². The Balaban J connectivity index is 1.88. The lowest BCUT2D eigenvalue weighted by atomic mass is 10.2. The zero-order chi connectivity index (χ0) is 17.1. The lowest BCUT2D eigenvalue weighted by Crippen LogP contribution is -2.15. The number of H-pyrrole nitrogens is 1. The number of halogens is 1. The summed E-state index contributed by atoms with van der Waals surface area (Å²) in [6.07, 6.45) is 3.48. The van der Waals surface area contributed by atoms with Gasteiger partial charge >= 0.3 is 0 Å². The number of aromatic nitrogens is 5. The molecule has 3 aromatic rings. The van der Waals surface area contributed by atoms with Gasteiger partial charge in [-0.1, -0.05) is 0 Å². The Hall–Kier alpha value is -2.42. The average molecular weight is 390 g/mol. The quantitative estimate of drug-likeness (QED) is 0.636. The van der Waals surface area contributed by atoms with Crippen LogP contribution in [-0.4, -0.2) is 30.6 Å². The van der Waals surface area contributed by atoms with Crippen LogP contribution in [0.1, 0.15) is 35.8 Å². The second kappa shape index (κ2) is 5.04. The van der Waals surface area contributed by atoms with E-state index in [9.17, 15) is 4.79 Å². The number of carbonyl (C=O) groups is 1. The van der Waals surface area contributed by atoms with Crippen LogP contribution < -0.4 is 11.1 Å². The largest absolute Gasteiger partial charge is 0.383 e. The summed E-state index contributed by atoms with van der Waals surface area (Å²) in [4.78, 5) is 21.3. The normalized spacial score (nSPS) is 15.6. The van der Waals surface area contributed by atoms with Crippen molar-refractivity contribution in [2.45, 2.75) is 32.2 Å². The second-order valence-electron chi connectivity index (χ2n) is 6.35. The highest BCUT2D eigenvalue weighted by molar-refractivity contribution is 9.10. The molecule has 3 aromatic heterocycles. The van der Waals surface area contributed by atoms with Gasteiger partial charge < -0.3 is 15.6 Å². The number of hydrogen-bond acceptors (Lipinski definition) is 5. The smallest absolute Gasteiger partial charge is 0.260 e. The molecule has 8 nitrogen and oxygen atoms in total. The fourth-order valence-corrected chi connectivity index (χ4v) is 3.85. The van der Waals surface area contributed by atoms with Gasteiger partial charge in [-0.25, -0.2) is 9.97 Å². The molecule has 4 N–H and O–H groups in total. The molecule has 0 unspecified atom stereocenters. The van der Waals surface area contributed by atoms with E-state index in [1.54, 1.807) is 6.07 Å². The third-order valence-corrected chi connectivity index (χ3v) is 5.16. The van der Waals surface area contributed by atoms with E-state index in [2.05, 4.69) is 48.3 Å². The number of rotatable bonds is 3. The number of carbonyl (C=O) groups excluding carboxylic acids is 1. The molecule has 9 heteroatoms. The van der Waals surface area contributed by atoms with E-state index >= 15 is 0 Å². The molecular formula is C15H16BrN7O. The highest BCUT2D eigenvalue weighted by Gasteiger charge is 2.43. The summed E-state index contributed by atoms with van der Waals surface area (Å²) in [6, 6.07) is 1.76. The number of anilines is 2. The van der Waals surface area contributed by atoms with Crippen LogP contribution in [0.5, 0.6) is 0 Å². The van der Waals surface area contributed by atoms with E-state index in [0.717, 1.165) is 18.5 Å². The summed E-state index contributed by atoms with van der Waals surface area (Å²) in [5, 5.41) is 10.2. The SMILES string of the molecule is Cc1cc(NC(=O)c2c(Br)n(C3(C)CC3)c3ncnc(N)c23)n[nH]1. The minimum absolute atomic E-state index is 0.0562. The van der Waals surface area contributed by atoms with E-state index in [1.807, 2.05) is 11.5 Å². The van der Waals surface area contributed by atoms with Crippen LogP contribution in [0.2, 0.25) is 0 Å². The fraction of sp³-hybridized carbons (Fsp3) is 0.333. The number of aryl methyl sites for hydroxylation is 1. The molecule has 0 aromatic carbocycles. The predicted molar refractivity (Wildman–Crippen MR) is 93.8 cm³/mol. The maximum absolute atomic E-state index is 12.9. The van der Waals surface area contributed by atoms with Gasteiger partial charge in [-0.3, -0.25) is 9.89 Å². The van der Waals surface area contributed by atoms with Crippen LogP contribution in [0.15, 0.2) is 17.0 Å². The minimum Gasteiger partial charge on any atom is -0.383 e. The molecule has 4 rings (SSSR count). The summed E-state index contributed by atoms with van der Waals surface area (Å²) in [5.74, 6) is 0.438. The highest BCUT2D eigenvalue weighted by atomic mass is 79.9. The number of aromatic amines is 1. The van der Waals surface area contributed by atoms with E-state index in [-0.39, 0.29) is 17.3 Å². The van der Waals surface area contributed by atoms with Gasteiger partial charge in [-0.2, -0.15) is 5.10 Å². The average Bonchev–Trinajstić information content (AvgIpc) is 2.98. The first kappa shape index (κ1) is 15.1. The Labute approximate surface area is 146 Å². The van der Waals surface area contributed by atoms with Crippen LogP contribution in [0.4, 0.5) is 11.6 Å². The Morgan fingerprint density at radius 1 is 1.46 bits per heavy atom. The van der Waals surface area contributed by atoms with Crippen molar-refractivity contribution in [2.75, 3.05) is 11.1 Å². The molecule has 124 valence electrons. The number of nitrogens with zero attached hydrogens (tertiary/aromatic N) is 4. The molecule has 3 heterocycles. The summed E-state index contributed by atoms with van der Waals surface area (Å²) < 4.78 is 2.69. The lowest BCUT2D eigenvalue weighted by molar-refractivity contribution is 0.102. The maximum Gasteiger partial charge on any atom is 0.260 e. The van der Waals surface area contributed by atoms with Crippen molar-refractivity contribution in [3.63, 3.8) is 0 Å². The van der Waals surface area contributed by atoms with E-state index < -0.39 is 0 Å². The van der Waals surface area contributed by atoms with Crippen molar-refractivity contribution in [3.8, 4) is 0 Å². The Kier molecular flexibility index (Phi) is 3.17. The van der Waals surface area contributed by atoms with Gasteiger partial charge in [-0.15, -0.1) is 0 Å². The highest BCUT2D eigenvalue weighted by Crippen LogP contribution is 2.48. The second-order valence-corrected chi connectivity index (χ2v) is 7.10. The zero-order valence-corrected chi connectivity index (χ0v) is 14.8. The maximum atomic E-state index is 12.9. The molecule has 24 heavy (non-hydrogen) atoms. The fourth-order valence-electron chi connectivity index (χ4n) is 2.87. The van der Waals surface area contributed by atoms with Gasteiger partial charge in [0.15, 0.2) is 5.82 Å². The van der Waals surface area contributed by atoms with Gasteiger partial charge in [0, 0.05) is 17.3 Å². The van der Waals surface area contributed by atoms with Gasteiger partial charge in [0.25, 0.3) is 5.91 Å². The first-order valence-electron chi connectivity index (χ1n) is 7.55. The molecule has 0 aliphatic heterocycles. The number of nitrogens with two attached hydrogens (primary N) is 1. The number of hydrogen-bond donors (Lipinski definition) is 3. The van der Waals surface area contributed by atoms with E-state index in [0.29, 0.717) is 27.0 Å². The molecule has 0 radical (unpaired) electrons.